The van der Waals surface area contributed by atoms with Crippen molar-refractivity contribution in [3.8, 4) is 0 Å². The zero-order valence-corrected chi connectivity index (χ0v) is 9.44. The summed E-state index contributed by atoms with van der Waals surface area (Å²) in [6.45, 7) is 9.77. The van der Waals surface area contributed by atoms with Crippen molar-refractivity contribution in [3.63, 3.8) is 0 Å². The Balaban J connectivity index is 0. The van der Waals surface area contributed by atoms with Crippen molar-refractivity contribution >= 4 is 6.08 Å². The van der Waals surface area contributed by atoms with E-state index >= 15 is 0 Å². The Kier molecular flexibility index (Phi) is 10.1. The molecular formula is C11H16V. The van der Waals surface area contributed by atoms with Crippen LogP contribution < -0.4 is 0 Å². The summed E-state index contributed by atoms with van der Waals surface area (Å²) in [6.07, 6.45) is 1.87. The molecule has 1 radical (unpaired) electrons. The molecule has 0 heterocycles. The minimum Gasteiger partial charge on any atom is -0.0985 e. The van der Waals surface area contributed by atoms with Gasteiger partial charge in [-0.3, -0.25) is 0 Å². The molecule has 0 nitrogen and oxygen atoms in total. The Morgan fingerprint density at radius 1 is 1.17 bits per heavy atom. The van der Waals surface area contributed by atoms with Crippen LogP contribution in [0.3, 0.4) is 0 Å². The van der Waals surface area contributed by atoms with Crippen LogP contribution in [0.15, 0.2) is 30.8 Å². The summed E-state index contributed by atoms with van der Waals surface area (Å²) < 4.78 is 0. The molecule has 0 saturated heterocycles. The molecule has 0 aliphatic carbocycles. The molecule has 0 fully saturated rings. The van der Waals surface area contributed by atoms with Crippen LogP contribution in [0.25, 0.3) is 6.08 Å². The van der Waals surface area contributed by atoms with Gasteiger partial charge in [-0.15, -0.1) is 0 Å². The van der Waals surface area contributed by atoms with Gasteiger partial charge in [0.25, 0.3) is 0 Å². The number of rotatable bonds is 1. The molecule has 0 aliphatic rings. The minimum absolute atomic E-state index is 0. The average molecular weight is 199 g/mol. The van der Waals surface area contributed by atoms with Crippen molar-refractivity contribution in [2.45, 2.75) is 20.8 Å². The van der Waals surface area contributed by atoms with Crippen molar-refractivity contribution < 1.29 is 18.6 Å². The first-order valence-electron chi connectivity index (χ1n) is 4.02. The van der Waals surface area contributed by atoms with Crippen molar-refractivity contribution in [1.82, 2.24) is 0 Å². The summed E-state index contributed by atoms with van der Waals surface area (Å²) in [4.78, 5) is 0. The van der Waals surface area contributed by atoms with Crippen molar-refractivity contribution in [3.05, 3.63) is 42.0 Å². The molecule has 1 aromatic carbocycles. The Morgan fingerprint density at radius 3 is 2.00 bits per heavy atom. The maximum absolute atomic E-state index is 3.69. The van der Waals surface area contributed by atoms with E-state index in [9.17, 15) is 0 Å². The molecule has 65 valence electrons. The first-order chi connectivity index (χ1) is 5.34. The molecule has 0 bridgehead atoms. The van der Waals surface area contributed by atoms with Crippen molar-refractivity contribution in [2.75, 3.05) is 0 Å². The average Bonchev–Trinajstić information content (AvgIpc) is 2.09. The molecule has 0 aromatic heterocycles. The molecule has 1 rings (SSSR count). The molecule has 0 unspecified atom stereocenters. The fourth-order valence-corrected chi connectivity index (χ4v) is 0.816. The van der Waals surface area contributed by atoms with Gasteiger partial charge in [0.15, 0.2) is 0 Å². The third kappa shape index (κ3) is 4.43. The van der Waals surface area contributed by atoms with Crippen LogP contribution in [0.2, 0.25) is 0 Å². The summed E-state index contributed by atoms with van der Waals surface area (Å²) in [6, 6.07) is 8.19. The molecule has 0 N–H and O–H groups in total. The molecule has 0 atom stereocenters. The second kappa shape index (κ2) is 8.64. The Bertz CT molecular complexity index is 216. The molecular weight excluding hydrogens is 183 g/mol. The molecule has 1 heteroatoms. The van der Waals surface area contributed by atoms with Gasteiger partial charge in [0.2, 0.25) is 0 Å². The largest absolute Gasteiger partial charge is 0.0985 e. The van der Waals surface area contributed by atoms with E-state index < -0.39 is 0 Å². The quantitative estimate of drug-likeness (QED) is 0.647. The predicted octanol–water partition coefficient (Wildman–Crippen LogP) is 3.66. The molecule has 0 amide bonds. The van der Waals surface area contributed by atoms with Crippen LogP contribution >= 0.6 is 0 Å². The monoisotopic (exact) mass is 199 g/mol. The Hall–Kier alpha value is -0.456. The summed E-state index contributed by atoms with van der Waals surface area (Å²) in [5.74, 6) is 0. The summed E-state index contributed by atoms with van der Waals surface area (Å²) in [7, 11) is 0. The van der Waals surface area contributed by atoms with Gasteiger partial charge >= 0.3 is 0 Å². The number of hydrogen-bond acceptors (Lipinski definition) is 0. The molecule has 0 spiro atoms. The van der Waals surface area contributed by atoms with Gasteiger partial charge in [0, 0.05) is 18.6 Å². The second-order valence-electron chi connectivity index (χ2n) is 2.06. The van der Waals surface area contributed by atoms with Crippen LogP contribution in [-0.4, -0.2) is 0 Å². The van der Waals surface area contributed by atoms with E-state index in [0.717, 1.165) is 0 Å². The van der Waals surface area contributed by atoms with Gasteiger partial charge in [0.05, 0.1) is 0 Å². The maximum Gasteiger partial charge on any atom is 0 e. The van der Waals surface area contributed by atoms with Gasteiger partial charge < -0.3 is 0 Å². The smallest absolute Gasteiger partial charge is 0 e. The Labute approximate surface area is 87.6 Å². The first-order valence-corrected chi connectivity index (χ1v) is 4.02. The van der Waals surface area contributed by atoms with Gasteiger partial charge in [0.1, 0.15) is 0 Å². The predicted molar refractivity (Wildman–Crippen MR) is 52.6 cm³/mol. The van der Waals surface area contributed by atoms with Gasteiger partial charge in [-0.2, -0.15) is 0 Å². The first kappa shape index (κ1) is 14.1. The van der Waals surface area contributed by atoms with E-state index in [1.54, 1.807) is 0 Å². The molecule has 12 heavy (non-hydrogen) atoms. The minimum atomic E-state index is 0. The molecule has 1 aromatic rings. The fraction of sp³-hybridized carbons (Fsp3) is 0.273. The van der Waals surface area contributed by atoms with Crippen LogP contribution in [0.1, 0.15) is 25.0 Å². The molecule has 0 saturated carbocycles. The van der Waals surface area contributed by atoms with E-state index in [2.05, 4.69) is 25.6 Å². The van der Waals surface area contributed by atoms with Gasteiger partial charge in [-0.1, -0.05) is 50.8 Å². The molecule has 0 aliphatic heterocycles. The summed E-state index contributed by atoms with van der Waals surface area (Å²) in [5.41, 5.74) is 2.50. The van der Waals surface area contributed by atoms with Crippen LogP contribution in [0.5, 0.6) is 0 Å². The van der Waals surface area contributed by atoms with E-state index in [1.807, 2.05) is 32.1 Å². The number of hydrogen-bond donors (Lipinski definition) is 0. The standard InChI is InChI=1S/C9H10.C2H6.V/c1-3-9-7-5-4-6-8(9)2;1-2;/h3-7H,1H2,2H3;1-2H3;. The third-order valence-electron chi connectivity index (χ3n) is 1.41. The van der Waals surface area contributed by atoms with Gasteiger partial charge in [-0.25, -0.2) is 0 Å². The van der Waals surface area contributed by atoms with Crippen LogP contribution in [0.4, 0.5) is 0 Å². The van der Waals surface area contributed by atoms with E-state index in [-0.39, 0.29) is 18.6 Å². The number of benzene rings is 1. The second-order valence-corrected chi connectivity index (χ2v) is 2.06. The normalized spacial score (nSPS) is 7.25. The maximum atomic E-state index is 3.69. The van der Waals surface area contributed by atoms with Crippen LogP contribution in [-0.2, 0) is 18.6 Å². The third-order valence-corrected chi connectivity index (χ3v) is 1.41. The van der Waals surface area contributed by atoms with Crippen molar-refractivity contribution in [1.29, 1.82) is 0 Å². The SMILES string of the molecule is C=Cc1ccccc1C.CC.[V]. The van der Waals surface area contributed by atoms with Gasteiger partial charge in [-0.05, 0) is 18.1 Å². The zero-order chi connectivity index (χ0) is 8.69. The Morgan fingerprint density at radius 2 is 1.67 bits per heavy atom. The summed E-state index contributed by atoms with van der Waals surface area (Å²) >= 11 is 0. The fourth-order valence-electron chi connectivity index (χ4n) is 0.816. The van der Waals surface area contributed by atoms with Crippen molar-refractivity contribution in [2.24, 2.45) is 0 Å². The zero-order valence-electron chi connectivity index (χ0n) is 8.04. The van der Waals surface area contributed by atoms with E-state index in [1.165, 1.54) is 11.1 Å². The van der Waals surface area contributed by atoms with E-state index in [4.69, 9.17) is 0 Å². The van der Waals surface area contributed by atoms with E-state index in [0.29, 0.717) is 0 Å². The summed E-state index contributed by atoms with van der Waals surface area (Å²) in [5, 5.41) is 0. The van der Waals surface area contributed by atoms with Crippen LogP contribution in [0, 0.1) is 6.92 Å². The topological polar surface area (TPSA) is 0 Å². The number of aryl methyl sites for hydroxylation is 1.